The van der Waals surface area contributed by atoms with Gasteiger partial charge < -0.3 is 15.0 Å². The van der Waals surface area contributed by atoms with Crippen molar-refractivity contribution in [1.29, 1.82) is 0 Å². The quantitative estimate of drug-likeness (QED) is 0.734. The van der Waals surface area contributed by atoms with E-state index in [9.17, 15) is 14.4 Å². The molecule has 0 spiro atoms. The van der Waals surface area contributed by atoms with Gasteiger partial charge in [-0.15, -0.1) is 0 Å². The standard InChI is InChI=1S/C20H26ClN3O4/c1-12(11-20(2)18(26)22-19(27)23-20)17(25)24-8-6-13(7-9-24)15-5-4-14(21)10-16(15)28-3/h4-5,10,12-13H,6-9,11H2,1-3H3,(H2,22,23,26,27)/t12?,20-/m1/s1. The number of methoxy groups -OCH3 is 1. The molecule has 0 aromatic heterocycles. The largest absolute Gasteiger partial charge is 0.496 e. The number of rotatable bonds is 5. The first-order chi connectivity index (χ1) is 13.2. The average molecular weight is 408 g/mol. The van der Waals surface area contributed by atoms with Crippen molar-refractivity contribution >= 4 is 29.4 Å². The van der Waals surface area contributed by atoms with E-state index in [1.807, 2.05) is 23.1 Å². The van der Waals surface area contributed by atoms with Crippen molar-refractivity contribution in [2.75, 3.05) is 20.2 Å². The lowest BCUT2D eigenvalue weighted by Gasteiger charge is -2.35. The van der Waals surface area contributed by atoms with Crippen molar-refractivity contribution in [3.05, 3.63) is 28.8 Å². The number of carbonyl (C=O) groups excluding carboxylic acids is 3. The zero-order valence-electron chi connectivity index (χ0n) is 16.4. The van der Waals surface area contributed by atoms with Gasteiger partial charge in [-0.1, -0.05) is 24.6 Å². The molecule has 8 heteroatoms. The third-order valence-corrected chi connectivity index (χ3v) is 5.93. The number of hydrogen-bond acceptors (Lipinski definition) is 4. The van der Waals surface area contributed by atoms with E-state index < -0.39 is 11.6 Å². The summed E-state index contributed by atoms with van der Waals surface area (Å²) in [6, 6.07) is 5.16. The second kappa shape index (κ2) is 7.99. The molecular formula is C20H26ClN3O4. The SMILES string of the molecule is COc1cc(Cl)ccc1C1CCN(C(=O)C(C)C[C@@]2(C)NC(=O)NC2=O)CC1. The van der Waals surface area contributed by atoms with Gasteiger partial charge in [0.25, 0.3) is 5.91 Å². The van der Waals surface area contributed by atoms with Gasteiger partial charge in [-0.05, 0) is 49.8 Å². The second-order valence-electron chi connectivity index (χ2n) is 7.83. The molecule has 0 saturated carbocycles. The monoisotopic (exact) mass is 407 g/mol. The van der Waals surface area contributed by atoms with Crippen LogP contribution in [0.25, 0.3) is 0 Å². The van der Waals surface area contributed by atoms with Crippen LogP contribution in [-0.2, 0) is 9.59 Å². The molecule has 28 heavy (non-hydrogen) atoms. The lowest BCUT2D eigenvalue weighted by atomic mass is 9.86. The van der Waals surface area contributed by atoms with Crippen LogP contribution < -0.4 is 15.4 Å². The molecule has 2 N–H and O–H groups in total. The van der Waals surface area contributed by atoms with Crippen molar-refractivity contribution in [2.45, 2.75) is 44.6 Å². The summed E-state index contributed by atoms with van der Waals surface area (Å²) in [7, 11) is 1.63. The van der Waals surface area contributed by atoms with Crippen LogP contribution in [0.2, 0.25) is 5.02 Å². The molecule has 2 aliphatic heterocycles. The topological polar surface area (TPSA) is 87.7 Å². The van der Waals surface area contributed by atoms with E-state index in [0.29, 0.717) is 24.0 Å². The lowest BCUT2D eigenvalue weighted by Crippen LogP contribution is -2.48. The molecule has 7 nitrogen and oxygen atoms in total. The fourth-order valence-corrected chi connectivity index (χ4v) is 4.33. The Morgan fingerprint density at radius 3 is 2.61 bits per heavy atom. The van der Waals surface area contributed by atoms with Gasteiger partial charge in [0.15, 0.2) is 0 Å². The number of imide groups is 1. The van der Waals surface area contributed by atoms with E-state index in [4.69, 9.17) is 16.3 Å². The highest BCUT2D eigenvalue weighted by molar-refractivity contribution is 6.30. The van der Waals surface area contributed by atoms with Crippen molar-refractivity contribution < 1.29 is 19.1 Å². The van der Waals surface area contributed by atoms with Gasteiger partial charge in [-0.3, -0.25) is 14.9 Å². The second-order valence-corrected chi connectivity index (χ2v) is 8.27. The van der Waals surface area contributed by atoms with Gasteiger partial charge in [-0.25, -0.2) is 4.79 Å². The summed E-state index contributed by atoms with van der Waals surface area (Å²) in [6.45, 7) is 4.75. The highest BCUT2D eigenvalue weighted by Gasteiger charge is 2.44. The minimum absolute atomic E-state index is 0.0108. The number of likely N-dealkylation sites (tertiary alicyclic amines) is 1. The third kappa shape index (κ3) is 4.09. The van der Waals surface area contributed by atoms with Crippen LogP contribution in [0.15, 0.2) is 18.2 Å². The van der Waals surface area contributed by atoms with Gasteiger partial charge in [0.2, 0.25) is 5.91 Å². The molecule has 2 saturated heterocycles. The molecule has 2 atom stereocenters. The Kier molecular flexibility index (Phi) is 5.84. The van der Waals surface area contributed by atoms with Crippen LogP contribution in [0.5, 0.6) is 5.75 Å². The van der Waals surface area contributed by atoms with Crippen molar-refractivity contribution in [1.82, 2.24) is 15.5 Å². The van der Waals surface area contributed by atoms with Crippen LogP contribution in [0.1, 0.15) is 44.6 Å². The summed E-state index contributed by atoms with van der Waals surface area (Å²) in [6.07, 6.45) is 1.95. The minimum Gasteiger partial charge on any atom is -0.496 e. The fourth-order valence-electron chi connectivity index (χ4n) is 4.17. The van der Waals surface area contributed by atoms with Gasteiger partial charge >= 0.3 is 6.03 Å². The van der Waals surface area contributed by atoms with Gasteiger partial charge in [0, 0.05) is 24.0 Å². The number of urea groups is 1. The molecule has 0 bridgehead atoms. The third-order valence-electron chi connectivity index (χ3n) is 5.70. The highest BCUT2D eigenvalue weighted by atomic mass is 35.5. The Morgan fingerprint density at radius 2 is 2.04 bits per heavy atom. The van der Waals surface area contributed by atoms with Crippen LogP contribution in [-0.4, -0.2) is 48.5 Å². The molecule has 2 heterocycles. The Morgan fingerprint density at radius 1 is 1.36 bits per heavy atom. The summed E-state index contributed by atoms with van der Waals surface area (Å²) in [5.41, 5.74) is 0.0751. The minimum atomic E-state index is -1.04. The average Bonchev–Trinajstić information content (AvgIpc) is 2.92. The van der Waals surface area contributed by atoms with Crippen molar-refractivity contribution in [2.24, 2.45) is 5.92 Å². The number of nitrogens with one attached hydrogen (secondary N) is 2. The predicted molar refractivity (Wildman–Crippen MR) is 105 cm³/mol. The van der Waals surface area contributed by atoms with E-state index in [1.54, 1.807) is 21.0 Å². The molecule has 1 aromatic rings. The van der Waals surface area contributed by atoms with Gasteiger partial charge in [0.1, 0.15) is 11.3 Å². The maximum absolute atomic E-state index is 12.9. The zero-order valence-corrected chi connectivity index (χ0v) is 17.1. The molecule has 2 fully saturated rings. The lowest BCUT2D eigenvalue weighted by molar-refractivity contribution is -0.137. The first kappa shape index (κ1) is 20.5. The van der Waals surface area contributed by atoms with Crippen LogP contribution in [0.4, 0.5) is 4.79 Å². The summed E-state index contributed by atoms with van der Waals surface area (Å²) in [5, 5.41) is 5.49. The van der Waals surface area contributed by atoms with Crippen molar-refractivity contribution in [3.8, 4) is 5.75 Å². The molecule has 1 unspecified atom stereocenters. The Balaban J connectivity index is 1.59. The maximum Gasteiger partial charge on any atom is 0.322 e. The molecular weight excluding hydrogens is 382 g/mol. The van der Waals surface area contributed by atoms with Gasteiger partial charge in [-0.2, -0.15) is 0 Å². The highest BCUT2D eigenvalue weighted by Crippen LogP contribution is 2.36. The number of benzene rings is 1. The normalized spacial score (nSPS) is 23.9. The molecule has 0 radical (unpaired) electrons. The number of amides is 4. The number of piperidine rings is 1. The fraction of sp³-hybridized carbons (Fsp3) is 0.550. The zero-order chi connectivity index (χ0) is 20.5. The maximum atomic E-state index is 12.9. The smallest absolute Gasteiger partial charge is 0.322 e. The number of halogens is 1. The first-order valence-corrected chi connectivity index (χ1v) is 9.87. The van der Waals surface area contributed by atoms with Gasteiger partial charge in [0.05, 0.1) is 7.11 Å². The summed E-state index contributed by atoms with van der Waals surface area (Å²) in [4.78, 5) is 38.1. The van der Waals surface area contributed by atoms with Crippen LogP contribution in [0.3, 0.4) is 0 Å². The van der Waals surface area contributed by atoms with E-state index in [-0.39, 0.29) is 24.2 Å². The number of hydrogen-bond donors (Lipinski definition) is 2. The first-order valence-electron chi connectivity index (χ1n) is 9.49. The molecule has 4 amide bonds. The number of carbonyl (C=O) groups is 3. The summed E-state index contributed by atoms with van der Waals surface area (Å²) < 4.78 is 5.46. The summed E-state index contributed by atoms with van der Waals surface area (Å²) >= 11 is 6.05. The molecule has 1 aromatic carbocycles. The Bertz CT molecular complexity index is 792. The predicted octanol–water partition coefficient (Wildman–Crippen LogP) is 2.68. The number of ether oxygens (including phenoxy) is 1. The molecule has 0 aliphatic carbocycles. The van der Waals surface area contributed by atoms with Crippen LogP contribution >= 0.6 is 11.6 Å². The molecule has 152 valence electrons. The van der Waals surface area contributed by atoms with Crippen molar-refractivity contribution in [3.63, 3.8) is 0 Å². The Hall–Kier alpha value is -2.28. The molecule has 3 rings (SSSR count). The Labute approximate surface area is 169 Å². The van der Waals surface area contributed by atoms with E-state index in [1.165, 1.54) is 0 Å². The van der Waals surface area contributed by atoms with Crippen LogP contribution in [0, 0.1) is 5.92 Å². The number of nitrogens with zero attached hydrogens (tertiary/aromatic N) is 1. The van der Waals surface area contributed by atoms with E-state index in [0.717, 1.165) is 24.2 Å². The van der Waals surface area contributed by atoms with E-state index in [2.05, 4.69) is 10.6 Å². The summed E-state index contributed by atoms with van der Waals surface area (Å²) in [5.74, 6) is 0.351. The van der Waals surface area contributed by atoms with E-state index >= 15 is 0 Å². The molecule has 2 aliphatic rings.